The van der Waals surface area contributed by atoms with Crippen molar-refractivity contribution in [3.8, 4) is 0 Å². The summed E-state index contributed by atoms with van der Waals surface area (Å²) in [5.74, 6) is 1.11. The number of nitrogens with zero attached hydrogens (tertiary/aromatic N) is 2. The van der Waals surface area contributed by atoms with E-state index in [2.05, 4.69) is 45.7 Å². The van der Waals surface area contributed by atoms with Gasteiger partial charge in [-0.25, -0.2) is 4.98 Å². The van der Waals surface area contributed by atoms with Crippen LogP contribution in [0.25, 0.3) is 0 Å². The van der Waals surface area contributed by atoms with Crippen molar-refractivity contribution in [1.82, 2.24) is 4.98 Å². The third-order valence-corrected chi connectivity index (χ3v) is 3.48. The maximum atomic E-state index is 4.39. The van der Waals surface area contributed by atoms with Gasteiger partial charge in [0.25, 0.3) is 0 Å². The fourth-order valence-corrected chi connectivity index (χ4v) is 1.76. The first-order valence-corrected chi connectivity index (χ1v) is 5.36. The average Bonchev–Trinajstić information content (AvgIpc) is 2.09. The van der Waals surface area contributed by atoms with Crippen molar-refractivity contribution in [1.29, 1.82) is 0 Å². The SMILES string of the molecule is Cc1cc(N2CCC2C)ncc1Br. The summed E-state index contributed by atoms with van der Waals surface area (Å²) in [6.07, 6.45) is 3.17. The molecule has 2 nitrogen and oxygen atoms in total. The number of halogens is 1. The van der Waals surface area contributed by atoms with Crippen LogP contribution in [0.15, 0.2) is 16.7 Å². The highest BCUT2D eigenvalue weighted by Gasteiger charge is 2.24. The predicted octanol–water partition coefficient (Wildman–Crippen LogP) is 2.75. The standard InChI is InChI=1S/C10H13BrN2/c1-7-5-10(12-6-9(7)11)13-4-3-8(13)2/h5-6,8H,3-4H2,1-2H3. The van der Waals surface area contributed by atoms with Crippen LogP contribution in [-0.4, -0.2) is 17.6 Å². The van der Waals surface area contributed by atoms with E-state index in [4.69, 9.17) is 0 Å². The molecule has 70 valence electrons. The Kier molecular flexibility index (Phi) is 2.28. The van der Waals surface area contributed by atoms with Crippen LogP contribution >= 0.6 is 15.9 Å². The fraction of sp³-hybridized carbons (Fsp3) is 0.500. The Hall–Kier alpha value is -0.570. The number of aryl methyl sites for hydroxylation is 1. The van der Waals surface area contributed by atoms with Gasteiger partial charge in [0.2, 0.25) is 0 Å². The van der Waals surface area contributed by atoms with Crippen molar-refractivity contribution < 1.29 is 0 Å². The smallest absolute Gasteiger partial charge is 0.129 e. The molecule has 1 saturated heterocycles. The molecule has 0 aliphatic carbocycles. The summed E-state index contributed by atoms with van der Waals surface area (Å²) < 4.78 is 1.09. The van der Waals surface area contributed by atoms with Gasteiger partial charge in [0.1, 0.15) is 5.82 Å². The fourth-order valence-electron chi connectivity index (χ4n) is 1.54. The molecule has 0 saturated carbocycles. The van der Waals surface area contributed by atoms with Crippen molar-refractivity contribution in [2.75, 3.05) is 11.4 Å². The summed E-state index contributed by atoms with van der Waals surface area (Å²) >= 11 is 3.45. The summed E-state index contributed by atoms with van der Waals surface area (Å²) in [5, 5.41) is 0. The first-order valence-electron chi connectivity index (χ1n) is 4.57. The average molecular weight is 241 g/mol. The van der Waals surface area contributed by atoms with Gasteiger partial charge >= 0.3 is 0 Å². The molecule has 1 aromatic heterocycles. The van der Waals surface area contributed by atoms with Crippen LogP contribution in [0.3, 0.4) is 0 Å². The van der Waals surface area contributed by atoms with E-state index in [-0.39, 0.29) is 0 Å². The van der Waals surface area contributed by atoms with E-state index in [1.807, 2.05) is 6.20 Å². The largest absolute Gasteiger partial charge is 0.354 e. The van der Waals surface area contributed by atoms with Crippen molar-refractivity contribution >= 4 is 21.7 Å². The quantitative estimate of drug-likeness (QED) is 0.751. The minimum Gasteiger partial charge on any atom is -0.354 e. The summed E-state index contributed by atoms with van der Waals surface area (Å²) in [6, 6.07) is 2.80. The van der Waals surface area contributed by atoms with Crippen molar-refractivity contribution in [2.45, 2.75) is 26.3 Å². The molecule has 2 rings (SSSR count). The second-order valence-electron chi connectivity index (χ2n) is 3.62. The summed E-state index contributed by atoms with van der Waals surface area (Å²) in [7, 11) is 0. The van der Waals surface area contributed by atoms with Gasteiger partial charge in [-0.15, -0.1) is 0 Å². The van der Waals surface area contributed by atoms with E-state index < -0.39 is 0 Å². The number of rotatable bonds is 1. The molecule has 0 N–H and O–H groups in total. The molecule has 2 heterocycles. The van der Waals surface area contributed by atoms with Gasteiger partial charge in [-0.2, -0.15) is 0 Å². The van der Waals surface area contributed by atoms with Crippen LogP contribution in [0.1, 0.15) is 18.9 Å². The number of aromatic nitrogens is 1. The van der Waals surface area contributed by atoms with Crippen LogP contribution in [0.5, 0.6) is 0 Å². The second kappa shape index (κ2) is 3.29. The highest BCUT2D eigenvalue weighted by molar-refractivity contribution is 9.10. The number of hydrogen-bond donors (Lipinski definition) is 0. The van der Waals surface area contributed by atoms with Gasteiger partial charge in [-0.3, -0.25) is 0 Å². The molecular weight excluding hydrogens is 228 g/mol. The van der Waals surface area contributed by atoms with Crippen molar-refractivity contribution in [2.24, 2.45) is 0 Å². The lowest BCUT2D eigenvalue weighted by atomic mass is 10.1. The maximum Gasteiger partial charge on any atom is 0.129 e. The zero-order chi connectivity index (χ0) is 9.42. The van der Waals surface area contributed by atoms with E-state index in [1.54, 1.807) is 0 Å². The minimum atomic E-state index is 0.660. The summed E-state index contributed by atoms with van der Waals surface area (Å²) in [5.41, 5.74) is 1.25. The topological polar surface area (TPSA) is 16.1 Å². The van der Waals surface area contributed by atoms with Crippen LogP contribution in [0, 0.1) is 6.92 Å². The van der Waals surface area contributed by atoms with Gasteiger partial charge in [-0.1, -0.05) is 0 Å². The van der Waals surface area contributed by atoms with E-state index in [9.17, 15) is 0 Å². The van der Waals surface area contributed by atoms with Crippen LogP contribution in [0.4, 0.5) is 5.82 Å². The zero-order valence-corrected chi connectivity index (χ0v) is 9.50. The van der Waals surface area contributed by atoms with Crippen LogP contribution in [0.2, 0.25) is 0 Å². The normalized spacial score (nSPS) is 21.5. The monoisotopic (exact) mass is 240 g/mol. The highest BCUT2D eigenvalue weighted by Crippen LogP contribution is 2.26. The molecule has 0 radical (unpaired) electrons. The molecule has 1 atom stereocenters. The number of pyridine rings is 1. The van der Waals surface area contributed by atoms with Gasteiger partial charge in [0.05, 0.1) is 0 Å². The van der Waals surface area contributed by atoms with Gasteiger partial charge < -0.3 is 4.90 Å². The van der Waals surface area contributed by atoms with E-state index in [1.165, 1.54) is 12.0 Å². The predicted molar refractivity (Wildman–Crippen MR) is 58.1 cm³/mol. The van der Waals surface area contributed by atoms with Gasteiger partial charge in [0.15, 0.2) is 0 Å². The molecule has 1 aliphatic heterocycles. The summed E-state index contributed by atoms with van der Waals surface area (Å²) in [6.45, 7) is 5.48. The van der Waals surface area contributed by atoms with E-state index >= 15 is 0 Å². The molecule has 1 fully saturated rings. The van der Waals surface area contributed by atoms with E-state index in [0.717, 1.165) is 16.8 Å². The van der Waals surface area contributed by atoms with Crippen molar-refractivity contribution in [3.05, 3.63) is 22.3 Å². The molecule has 1 aliphatic rings. The molecule has 1 aromatic rings. The third-order valence-electron chi connectivity index (χ3n) is 2.65. The molecule has 13 heavy (non-hydrogen) atoms. The Balaban J connectivity index is 2.26. The number of anilines is 1. The maximum absolute atomic E-state index is 4.39. The molecule has 0 spiro atoms. The first-order chi connectivity index (χ1) is 6.18. The van der Waals surface area contributed by atoms with Crippen molar-refractivity contribution in [3.63, 3.8) is 0 Å². The van der Waals surface area contributed by atoms with Crippen LogP contribution in [-0.2, 0) is 0 Å². The molecule has 0 aromatic carbocycles. The second-order valence-corrected chi connectivity index (χ2v) is 4.48. The minimum absolute atomic E-state index is 0.660. The molecule has 0 amide bonds. The lowest BCUT2D eigenvalue weighted by molar-refractivity contribution is 0.476. The Morgan fingerprint density at radius 2 is 2.38 bits per heavy atom. The molecule has 3 heteroatoms. The summed E-state index contributed by atoms with van der Waals surface area (Å²) in [4.78, 5) is 6.72. The molecule has 0 bridgehead atoms. The zero-order valence-electron chi connectivity index (χ0n) is 7.92. The molecular formula is C10H13BrN2. The van der Waals surface area contributed by atoms with Gasteiger partial charge in [0, 0.05) is 23.3 Å². The van der Waals surface area contributed by atoms with Crippen LogP contribution < -0.4 is 4.90 Å². The Labute approximate surface area is 87.1 Å². The van der Waals surface area contributed by atoms with Gasteiger partial charge in [-0.05, 0) is 47.8 Å². The Bertz CT molecular complexity index is 325. The van der Waals surface area contributed by atoms with E-state index in [0.29, 0.717) is 6.04 Å². The molecule has 1 unspecified atom stereocenters. The lowest BCUT2D eigenvalue weighted by Crippen LogP contribution is -2.46. The lowest BCUT2D eigenvalue weighted by Gasteiger charge is -2.39. The third kappa shape index (κ3) is 1.57. The Morgan fingerprint density at radius 1 is 1.62 bits per heavy atom. The first kappa shape index (κ1) is 9.00. The Morgan fingerprint density at radius 3 is 2.85 bits per heavy atom. The number of hydrogen-bond acceptors (Lipinski definition) is 2. The highest BCUT2D eigenvalue weighted by atomic mass is 79.9.